The highest BCUT2D eigenvalue weighted by atomic mass is 14.8. The monoisotopic (exact) mass is 393 g/mol. The Morgan fingerprint density at radius 3 is 1.17 bits per heavy atom. The van der Waals surface area contributed by atoms with Crippen LogP contribution in [0.15, 0.2) is 121 Å². The molecule has 0 saturated heterocycles. The van der Waals surface area contributed by atoms with E-state index in [0.717, 1.165) is 19.5 Å². The van der Waals surface area contributed by atoms with Crippen LogP contribution in [0.2, 0.25) is 0 Å². The smallest absolute Gasteiger partial charge is 0.0208 e. The van der Waals surface area contributed by atoms with Crippen LogP contribution in [0.3, 0.4) is 0 Å². The molecule has 0 aliphatic rings. The van der Waals surface area contributed by atoms with Crippen LogP contribution in [0.5, 0.6) is 0 Å². The van der Waals surface area contributed by atoms with Gasteiger partial charge in [0, 0.05) is 19.0 Å². The van der Waals surface area contributed by atoms with Gasteiger partial charge >= 0.3 is 0 Å². The zero-order valence-electron chi connectivity index (χ0n) is 17.7. The van der Waals surface area contributed by atoms with Crippen LogP contribution in [0.1, 0.15) is 41.5 Å². The molecule has 0 bridgehead atoms. The van der Waals surface area contributed by atoms with Gasteiger partial charge in [-0.05, 0) is 28.7 Å². The first-order chi connectivity index (χ1) is 14.9. The highest BCUT2D eigenvalue weighted by molar-refractivity contribution is 5.31. The van der Waals surface area contributed by atoms with Crippen molar-refractivity contribution in [2.45, 2.75) is 32.4 Å². The molecule has 1 heteroatoms. The average molecular weight is 394 g/mol. The van der Waals surface area contributed by atoms with Gasteiger partial charge < -0.3 is 5.32 Å². The van der Waals surface area contributed by atoms with Crippen LogP contribution in [-0.2, 0) is 13.1 Å². The van der Waals surface area contributed by atoms with E-state index < -0.39 is 0 Å². The molecule has 0 aliphatic heterocycles. The van der Waals surface area contributed by atoms with E-state index in [2.05, 4.69) is 121 Å². The van der Waals surface area contributed by atoms with Gasteiger partial charge in [-0.3, -0.25) is 0 Å². The number of benzene rings is 4. The average Bonchev–Trinajstić information content (AvgIpc) is 2.83. The van der Waals surface area contributed by atoms with E-state index in [0.29, 0.717) is 5.92 Å². The van der Waals surface area contributed by atoms with Gasteiger partial charge in [-0.25, -0.2) is 0 Å². The first-order valence-corrected chi connectivity index (χ1v) is 10.7. The molecule has 0 unspecified atom stereocenters. The highest BCUT2D eigenvalue weighted by Crippen LogP contribution is 2.27. The summed E-state index contributed by atoms with van der Waals surface area (Å²) in [5.74, 6) is 0.535. The van der Waals surface area contributed by atoms with E-state index >= 15 is 0 Å². The minimum Gasteiger partial charge on any atom is -0.309 e. The normalized spacial score (nSPS) is 10.3. The summed E-state index contributed by atoms with van der Waals surface area (Å²) in [6.45, 7) is 4.09. The lowest BCUT2D eigenvalue weighted by Crippen LogP contribution is -2.12. The lowest BCUT2D eigenvalue weighted by molar-refractivity contribution is 0.693. The molecule has 152 valence electrons. The van der Waals surface area contributed by atoms with E-state index in [1.54, 1.807) is 0 Å². The Labute approximate surface area is 181 Å². The summed E-state index contributed by atoms with van der Waals surface area (Å²) in [7, 11) is 0. The maximum absolute atomic E-state index is 3.42. The van der Waals surface area contributed by atoms with Crippen LogP contribution in [0, 0.1) is 0 Å². The zero-order chi connectivity index (χ0) is 20.9. The summed E-state index contributed by atoms with van der Waals surface area (Å²) in [5.41, 5.74) is 5.47. The van der Waals surface area contributed by atoms with Crippen molar-refractivity contribution in [3.8, 4) is 0 Å². The number of hydrogen-bond donors (Lipinski definition) is 1. The first kappa shape index (κ1) is 21.5. The van der Waals surface area contributed by atoms with Crippen molar-refractivity contribution in [3.63, 3.8) is 0 Å². The molecule has 0 saturated carbocycles. The fraction of sp³-hybridized carbons (Fsp3) is 0.172. The third-order valence-electron chi connectivity index (χ3n) is 5.16. The molecular weight excluding hydrogens is 362 g/mol. The van der Waals surface area contributed by atoms with Crippen LogP contribution in [0.4, 0.5) is 0 Å². The van der Waals surface area contributed by atoms with E-state index in [9.17, 15) is 0 Å². The summed E-state index contributed by atoms with van der Waals surface area (Å²) in [6.07, 6.45) is 1.15. The minimum absolute atomic E-state index is 0.535. The molecule has 0 spiro atoms. The van der Waals surface area contributed by atoms with Gasteiger partial charge in [-0.15, -0.1) is 0 Å². The molecule has 0 heterocycles. The highest BCUT2D eigenvalue weighted by Gasteiger charge is 2.10. The van der Waals surface area contributed by atoms with Crippen molar-refractivity contribution < 1.29 is 0 Å². The van der Waals surface area contributed by atoms with Crippen molar-refractivity contribution >= 4 is 0 Å². The molecule has 0 aromatic heterocycles. The SMILES string of the molecule is CCC(c1ccccc1)c1ccccc1.c1ccc(CNCc2ccccc2)cc1. The molecular formula is C29H31N. The Morgan fingerprint density at radius 1 is 0.500 bits per heavy atom. The van der Waals surface area contributed by atoms with E-state index in [1.165, 1.54) is 22.3 Å². The zero-order valence-corrected chi connectivity index (χ0v) is 17.7. The Hall–Kier alpha value is -3.16. The third kappa shape index (κ3) is 7.02. The van der Waals surface area contributed by atoms with Crippen LogP contribution in [-0.4, -0.2) is 0 Å². The largest absolute Gasteiger partial charge is 0.309 e. The number of nitrogens with one attached hydrogen (secondary N) is 1. The van der Waals surface area contributed by atoms with E-state index in [4.69, 9.17) is 0 Å². The van der Waals surface area contributed by atoms with Gasteiger partial charge in [0.2, 0.25) is 0 Å². The molecule has 0 fully saturated rings. The van der Waals surface area contributed by atoms with Crippen molar-refractivity contribution in [1.29, 1.82) is 0 Å². The molecule has 30 heavy (non-hydrogen) atoms. The van der Waals surface area contributed by atoms with Crippen molar-refractivity contribution in [2.24, 2.45) is 0 Å². The Morgan fingerprint density at radius 2 is 0.833 bits per heavy atom. The van der Waals surface area contributed by atoms with Gasteiger partial charge in [-0.1, -0.05) is 128 Å². The Balaban J connectivity index is 0.000000171. The summed E-state index contributed by atoms with van der Waals surface area (Å²) < 4.78 is 0. The standard InChI is InChI=1S/C15H16.C14H15N/c1-2-15(13-9-5-3-6-10-13)14-11-7-4-8-12-14;1-3-7-13(8-4-1)11-15-12-14-9-5-2-6-10-14/h3-12,15H,2H2,1H3;1-10,15H,11-12H2. The van der Waals surface area contributed by atoms with Crippen molar-refractivity contribution in [1.82, 2.24) is 5.32 Å². The second-order valence-electron chi connectivity index (χ2n) is 7.36. The fourth-order valence-electron chi connectivity index (χ4n) is 3.58. The molecule has 0 amide bonds. The topological polar surface area (TPSA) is 12.0 Å². The second-order valence-corrected chi connectivity index (χ2v) is 7.36. The molecule has 0 radical (unpaired) electrons. The predicted octanol–water partition coefficient (Wildman–Crippen LogP) is 7.20. The molecule has 0 atom stereocenters. The third-order valence-corrected chi connectivity index (χ3v) is 5.16. The van der Waals surface area contributed by atoms with Crippen molar-refractivity contribution in [3.05, 3.63) is 144 Å². The number of hydrogen-bond acceptors (Lipinski definition) is 1. The molecule has 1 N–H and O–H groups in total. The van der Waals surface area contributed by atoms with Crippen LogP contribution in [0.25, 0.3) is 0 Å². The maximum atomic E-state index is 3.42. The van der Waals surface area contributed by atoms with Gasteiger partial charge in [0.15, 0.2) is 0 Å². The number of rotatable bonds is 7. The molecule has 0 aliphatic carbocycles. The Bertz CT molecular complexity index is 856. The predicted molar refractivity (Wildman–Crippen MR) is 128 cm³/mol. The van der Waals surface area contributed by atoms with Crippen molar-refractivity contribution in [2.75, 3.05) is 0 Å². The molecule has 4 aromatic carbocycles. The van der Waals surface area contributed by atoms with Gasteiger partial charge in [-0.2, -0.15) is 0 Å². The van der Waals surface area contributed by atoms with E-state index in [1.807, 2.05) is 12.1 Å². The maximum Gasteiger partial charge on any atom is 0.0208 e. The first-order valence-electron chi connectivity index (χ1n) is 10.7. The lowest BCUT2D eigenvalue weighted by Gasteiger charge is -2.15. The molecule has 1 nitrogen and oxygen atoms in total. The molecule has 4 rings (SSSR count). The quantitative estimate of drug-likeness (QED) is 0.350. The van der Waals surface area contributed by atoms with Crippen LogP contribution < -0.4 is 5.32 Å². The summed E-state index contributed by atoms with van der Waals surface area (Å²) >= 11 is 0. The van der Waals surface area contributed by atoms with Gasteiger partial charge in [0.1, 0.15) is 0 Å². The summed E-state index contributed by atoms with van der Waals surface area (Å²) in [5, 5.41) is 3.42. The Kier molecular flexibility index (Phi) is 8.91. The minimum atomic E-state index is 0.535. The van der Waals surface area contributed by atoms with Crippen LogP contribution >= 0.6 is 0 Å². The second kappa shape index (κ2) is 12.4. The summed E-state index contributed by atoms with van der Waals surface area (Å²) in [6, 6.07) is 42.3. The lowest BCUT2D eigenvalue weighted by atomic mass is 9.89. The molecule has 4 aromatic rings. The van der Waals surface area contributed by atoms with Gasteiger partial charge in [0.05, 0.1) is 0 Å². The van der Waals surface area contributed by atoms with E-state index in [-0.39, 0.29) is 0 Å². The fourth-order valence-corrected chi connectivity index (χ4v) is 3.58. The van der Waals surface area contributed by atoms with Gasteiger partial charge in [0.25, 0.3) is 0 Å². The summed E-state index contributed by atoms with van der Waals surface area (Å²) in [4.78, 5) is 0.